The van der Waals surface area contributed by atoms with E-state index >= 15 is 0 Å². The first-order valence-corrected chi connectivity index (χ1v) is 10.7. The number of rotatable bonds is 5. The minimum absolute atomic E-state index is 0.232. The van der Waals surface area contributed by atoms with Gasteiger partial charge in [0.05, 0.1) is 23.0 Å². The molecule has 0 saturated heterocycles. The Balaban J connectivity index is 1.56. The normalized spacial score (nSPS) is 19.3. The van der Waals surface area contributed by atoms with E-state index in [-0.39, 0.29) is 18.6 Å². The summed E-state index contributed by atoms with van der Waals surface area (Å²) < 4.78 is 11.0. The van der Waals surface area contributed by atoms with Gasteiger partial charge in [-0.3, -0.25) is 4.79 Å². The van der Waals surface area contributed by atoms with E-state index < -0.39 is 5.97 Å². The first-order chi connectivity index (χ1) is 15.1. The second-order valence-corrected chi connectivity index (χ2v) is 8.45. The summed E-state index contributed by atoms with van der Waals surface area (Å²) in [6.07, 6.45) is 7.19. The van der Waals surface area contributed by atoms with Gasteiger partial charge in [0.1, 0.15) is 5.76 Å². The van der Waals surface area contributed by atoms with Gasteiger partial charge in [-0.2, -0.15) is 0 Å². The highest BCUT2D eigenvalue weighted by Crippen LogP contribution is 2.38. The van der Waals surface area contributed by atoms with Crippen LogP contribution in [-0.2, 0) is 16.0 Å². The Hall–Kier alpha value is -3.41. The van der Waals surface area contributed by atoms with Crippen molar-refractivity contribution in [1.82, 2.24) is 10.3 Å². The van der Waals surface area contributed by atoms with Gasteiger partial charge < -0.3 is 14.5 Å². The third kappa shape index (κ3) is 4.10. The molecule has 1 N–H and O–H groups in total. The van der Waals surface area contributed by atoms with Crippen molar-refractivity contribution in [3.63, 3.8) is 0 Å². The quantitative estimate of drug-likeness (QED) is 0.624. The molecule has 6 heteroatoms. The average Bonchev–Trinajstić information content (AvgIpc) is 3.42. The lowest BCUT2D eigenvalue weighted by Gasteiger charge is -2.26. The predicted molar refractivity (Wildman–Crippen MR) is 117 cm³/mol. The second-order valence-electron chi connectivity index (χ2n) is 8.45. The van der Waals surface area contributed by atoms with Crippen LogP contribution in [0.1, 0.15) is 53.6 Å². The lowest BCUT2D eigenvalue weighted by atomic mass is 9.81. The number of allylic oxidation sites excluding steroid dienone is 1. The van der Waals surface area contributed by atoms with Gasteiger partial charge in [-0.15, -0.1) is 0 Å². The van der Waals surface area contributed by atoms with Crippen molar-refractivity contribution < 1.29 is 18.7 Å². The number of pyridine rings is 1. The van der Waals surface area contributed by atoms with E-state index in [1.54, 1.807) is 6.26 Å². The number of benzene rings is 1. The van der Waals surface area contributed by atoms with Crippen molar-refractivity contribution in [2.75, 3.05) is 6.61 Å². The Bertz CT molecular complexity index is 1180. The van der Waals surface area contributed by atoms with Crippen LogP contribution in [0.4, 0.5) is 0 Å². The Labute approximate surface area is 180 Å². The van der Waals surface area contributed by atoms with E-state index in [4.69, 9.17) is 14.1 Å². The number of ether oxygens (including phenoxy) is 1. The van der Waals surface area contributed by atoms with Crippen molar-refractivity contribution in [2.24, 2.45) is 5.92 Å². The molecule has 1 aromatic carbocycles. The highest BCUT2D eigenvalue weighted by Gasteiger charge is 2.29. The van der Waals surface area contributed by atoms with Gasteiger partial charge in [-0.05, 0) is 67.0 Å². The van der Waals surface area contributed by atoms with E-state index in [9.17, 15) is 9.59 Å². The standard InChI is InChI=1S/C25H24N2O4/c1-15-11-16(13-18-5-4-10-30-18)24-20(12-15)23(19-6-2-3-7-21(19)27-24)25(29)31-14-22(28)26-17-8-9-17/h2-7,10,13,15,17H,8-9,11-12,14H2,1H3,(H,26,28)/b16-13+. The number of furan rings is 1. The number of hydrogen-bond acceptors (Lipinski definition) is 5. The van der Waals surface area contributed by atoms with E-state index in [2.05, 4.69) is 12.2 Å². The number of hydrogen-bond donors (Lipinski definition) is 1. The molecule has 0 radical (unpaired) electrons. The number of nitrogens with one attached hydrogen (secondary N) is 1. The van der Waals surface area contributed by atoms with Crippen molar-refractivity contribution in [2.45, 2.75) is 38.6 Å². The minimum atomic E-state index is -0.479. The van der Waals surface area contributed by atoms with Gasteiger partial charge in [0.2, 0.25) is 0 Å². The smallest absolute Gasteiger partial charge is 0.339 e. The molecule has 2 aromatic heterocycles. The molecule has 2 aliphatic carbocycles. The molecule has 1 fully saturated rings. The van der Waals surface area contributed by atoms with Crippen LogP contribution in [-0.4, -0.2) is 29.5 Å². The van der Waals surface area contributed by atoms with Gasteiger partial charge in [-0.1, -0.05) is 25.1 Å². The van der Waals surface area contributed by atoms with E-state index in [1.165, 1.54) is 0 Å². The number of carbonyl (C=O) groups excluding carboxylic acids is 2. The Morgan fingerprint density at radius 2 is 2.03 bits per heavy atom. The number of para-hydroxylation sites is 1. The summed E-state index contributed by atoms with van der Waals surface area (Å²) in [5.74, 6) is 0.356. The Kier molecular flexibility index (Phi) is 5.06. The maximum absolute atomic E-state index is 13.2. The molecular weight excluding hydrogens is 392 g/mol. The fraction of sp³-hybridized carbons (Fsp3) is 0.320. The lowest BCUT2D eigenvalue weighted by molar-refractivity contribution is -0.124. The van der Waals surface area contributed by atoms with Crippen LogP contribution in [0, 0.1) is 5.92 Å². The van der Waals surface area contributed by atoms with Crippen LogP contribution in [0.25, 0.3) is 22.6 Å². The summed E-state index contributed by atoms with van der Waals surface area (Å²) in [4.78, 5) is 30.1. The third-order valence-electron chi connectivity index (χ3n) is 5.76. The average molecular weight is 416 g/mol. The molecule has 6 nitrogen and oxygen atoms in total. The van der Waals surface area contributed by atoms with E-state index in [0.717, 1.165) is 59.2 Å². The van der Waals surface area contributed by atoms with E-state index in [0.29, 0.717) is 11.5 Å². The van der Waals surface area contributed by atoms with Crippen LogP contribution in [0.3, 0.4) is 0 Å². The van der Waals surface area contributed by atoms with Crippen LogP contribution in [0.2, 0.25) is 0 Å². The number of carbonyl (C=O) groups is 2. The second kappa shape index (κ2) is 8.02. The summed E-state index contributed by atoms with van der Waals surface area (Å²) >= 11 is 0. The molecular formula is C25H24N2O4. The first-order valence-electron chi connectivity index (χ1n) is 10.7. The molecule has 1 amide bonds. The van der Waals surface area contributed by atoms with Gasteiger partial charge in [-0.25, -0.2) is 9.78 Å². The maximum Gasteiger partial charge on any atom is 0.339 e. The zero-order valence-corrected chi connectivity index (χ0v) is 17.4. The monoisotopic (exact) mass is 416 g/mol. The molecule has 3 aromatic rings. The fourth-order valence-corrected chi connectivity index (χ4v) is 4.21. The van der Waals surface area contributed by atoms with Crippen molar-refractivity contribution in [3.05, 3.63) is 65.2 Å². The van der Waals surface area contributed by atoms with Crippen molar-refractivity contribution in [1.29, 1.82) is 0 Å². The number of esters is 1. The summed E-state index contributed by atoms with van der Waals surface area (Å²) in [6, 6.07) is 11.6. The minimum Gasteiger partial charge on any atom is -0.465 e. The maximum atomic E-state index is 13.2. The van der Waals surface area contributed by atoms with Gasteiger partial charge in [0.15, 0.2) is 6.61 Å². The van der Waals surface area contributed by atoms with Crippen molar-refractivity contribution in [3.8, 4) is 0 Å². The highest BCUT2D eigenvalue weighted by molar-refractivity contribution is 6.07. The molecule has 1 atom stereocenters. The summed E-state index contributed by atoms with van der Waals surface area (Å²) in [5.41, 5.74) is 3.97. The SMILES string of the molecule is CC1C/C(=C\c2ccco2)c2nc3ccccc3c(C(=O)OCC(=O)NC3CC3)c2C1. The third-order valence-corrected chi connectivity index (χ3v) is 5.76. The summed E-state index contributed by atoms with van der Waals surface area (Å²) in [6.45, 7) is 1.89. The number of fused-ring (bicyclic) bond motifs is 2. The number of amides is 1. The zero-order valence-electron chi connectivity index (χ0n) is 17.4. The van der Waals surface area contributed by atoms with Crippen LogP contribution in [0.15, 0.2) is 47.1 Å². The molecule has 0 bridgehead atoms. The van der Waals surface area contributed by atoms with Gasteiger partial charge in [0.25, 0.3) is 5.91 Å². The lowest BCUT2D eigenvalue weighted by Crippen LogP contribution is -2.30. The predicted octanol–water partition coefficient (Wildman–Crippen LogP) is 4.39. The molecule has 0 aliphatic heterocycles. The zero-order chi connectivity index (χ0) is 21.4. The molecule has 5 rings (SSSR count). The Morgan fingerprint density at radius 3 is 2.81 bits per heavy atom. The van der Waals surface area contributed by atoms with Gasteiger partial charge >= 0.3 is 5.97 Å². The van der Waals surface area contributed by atoms with E-state index in [1.807, 2.05) is 42.5 Å². The topological polar surface area (TPSA) is 81.4 Å². The number of nitrogens with zero attached hydrogens (tertiary/aromatic N) is 1. The first kappa shape index (κ1) is 19.5. The van der Waals surface area contributed by atoms with Crippen LogP contribution < -0.4 is 5.32 Å². The molecule has 0 spiro atoms. The molecule has 1 unspecified atom stereocenters. The highest BCUT2D eigenvalue weighted by atomic mass is 16.5. The van der Waals surface area contributed by atoms with Crippen LogP contribution >= 0.6 is 0 Å². The summed E-state index contributed by atoms with van der Waals surface area (Å²) in [7, 11) is 0. The molecule has 2 aliphatic rings. The molecule has 158 valence electrons. The van der Waals surface area contributed by atoms with Crippen molar-refractivity contribution >= 4 is 34.4 Å². The van der Waals surface area contributed by atoms with Gasteiger partial charge in [0, 0.05) is 11.4 Å². The summed E-state index contributed by atoms with van der Waals surface area (Å²) in [5, 5.41) is 3.60. The molecule has 1 saturated carbocycles. The Morgan fingerprint density at radius 1 is 1.19 bits per heavy atom. The van der Waals surface area contributed by atoms with Crippen LogP contribution in [0.5, 0.6) is 0 Å². The molecule has 2 heterocycles. The largest absolute Gasteiger partial charge is 0.465 e. The molecule has 31 heavy (non-hydrogen) atoms. The number of aromatic nitrogens is 1. The fourth-order valence-electron chi connectivity index (χ4n) is 4.21.